The summed E-state index contributed by atoms with van der Waals surface area (Å²) in [5.41, 5.74) is -3.56. The molecule has 0 aliphatic carbocycles. The maximum atomic E-state index is 12.9. The fraction of sp³-hybridized carbons (Fsp3) is 0.500. The summed E-state index contributed by atoms with van der Waals surface area (Å²) >= 11 is 0. The van der Waals surface area contributed by atoms with Gasteiger partial charge in [-0.3, -0.25) is 0 Å². The normalized spacial score (nSPS) is 18.6. The zero-order valence-electron chi connectivity index (χ0n) is 10.5. The van der Waals surface area contributed by atoms with Gasteiger partial charge in [0, 0.05) is 13.1 Å². The molecule has 0 radical (unpaired) electrons. The lowest BCUT2D eigenvalue weighted by atomic mass is 9.85. The van der Waals surface area contributed by atoms with Crippen LogP contribution in [0.1, 0.15) is 12.1 Å². The Balaban J connectivity index is 2.30. The third kappa shape index (κ3) is 2.50. The molecule has 2 rings (SSSR count). The predicted molar refractivity (Wildman–Crippen MR) is 60.3 cm³/mol. The number of aromatic nitrogens is 1. The van der Waals surface area contributed by atoms with E-state index in [0.717, 1.165) is 11.1 Å². The Morgan fingerprint density at radius 2 is 1.76 bits per heavy atom. The number of nitrogens with zero attached hydrogens (tertiary/aromatic N) is 3. The van der Waals surface area contributed by atoms with Gasteiger partial charge >= 0.3 is 12.4 Å². The fourth-order valence-electron chi connectivity index (χ4n) is 2.29. The first-order valence-corrected chi connectivity index (χ1v) is 5.85. The summed E-state index contributed by atoms with van der Waals surface area (Å²) in [5, 5.41) is 8.57. The van der Waals surface area contributed by atoms with Gasteiger partial charge in [0.2, 0.25) is 0 Å². The van der Waals surface area contributed by atoms with E-state index >= 15 is 0 Å². The number of rotatable bonds is 1. The molecule has 0 N–H and O–H groups in total. The SMILES string of the molecule is N#Cc1ccc(N2CCC(C(F)(F)F)(C(F)(F)F)C2)cn1. The monoisotopic (exact) mass is 309 g/mol. The van der Waals surface area contributed by atoms with Crippen molar-refractivity contribution in [2.75, 3.05) is 18.0 Å². The molecule has 0 saturated carbocycles. The molecule has 1 aliphatic rings. The zero-order valence-corrected chi connectivity index (χ0v) is 10.5. The second kappa shape index (κ2) is 4.79. The van der Waals surface area contributed by atoms with Crippen LogP contribution in [0.15, 0.2) is 18.3 Å². The zero-order chi connectivity index (χ0) is 15.9. The van der Waals surface area contributed by atoms with Crippen LogP contribution in [0.2, 0.25) is 0 Å². The molecule has 114 valence electrons. The smallest absolute Gasteiger partial charge is 0.369 e. The first-order chi connectivity index (χ1) is 9.61. The Labute approximate surface area is 115 Å². The van der Waals surface area contributed by atoms with Gasteiger partial charge in [0.25, 0.3) is 0 Å². The molecule has 9 heteroatoms. The summed E-state index contributed by atoms with van der Waals surface area (Å²) in [4.78, 5) is 4.63. The van der Waals surface area contributed by atoms with E-state index in [1.165, 1.54) is 12.1 Å². The maximum Gasteiger partial charge on any atom is 0.404 e. The molecule has 1 fully saturated rings. The van der Waals surface area contributed by atoms with E-state index in [2.05, 4.69) is 4.98 Å². The largest absolute Gasteiger partial charge is 0.404 e. The minimum atomic E-state index is -5.37. The highest BCUT2D eigenvalue weighted by molar-refractivity contribution is 5.47. The Bertz CT molecular complexity index is 540. The lowest BCUT2D eigenvalue weighted by Crippen LogP contribution is -2.51. The van der Waals surface area contributed by atoms with Crippen LogP contribution in [-0.2, 0) is 0 Å². The molecule has 0 amide bonds. The van der Waals surface area contributed by atoms with Crippen molar-refractivity contribution in [1.82, 2.24) is 4.98 Å². The van der Waals surface area contributed by atoms with Crippen LogP contribution in [0, 0.1) is 16.7 Å². The molecule has 1 saturated heterocycles. The molecule has 1 aromatic rings. The van der Waals surface area contributed by atoms with Gasteiger partial charge in [-0.05, 0) is 18.6 Å². The van der Waals surface area contributed by atoms with Crippen LogP contribution in [0.25, 0.3) is 0 Å². The number of pyridine rings is 1. The molecule has 0 bridgehead atoms. The Hall–Kier alpha value is -1.98. The van der Waals surface area contributed by atoms with Crippen LogP contribution in [0.5, 0.6) is 0 Å². The summed E-state index contributed by atoms with van der Waals surface area (Å²) < 4.78 is 77.5. The first kappa shape index (κ1) is 15.4. The van der Waals surface area contributed by atoms with Crippen molar-refractivity contribution in [2.24, 2.45) is 5.41 Å². The van der Waals surface area contributed by atoms with E-state index in [0.29, 0.717) is 0 Å². The topological polar surface area (TPSA) is 39.9 Å². The molecule has 0 atom stereocenters. The van der Waals surface area contributed by atoms with Gasteiger partial charge in [-0.2, -0.15) is 31.6 Å². The van der Waals surface area contributed by atoms with Crippen molar-refractivity contribution < 1.29 is 26.3 Å². The second-order valence-corrected chi connectivity index (χ2v) is 4.76. The number of hydrogen-bond acceptors (Lipinski definition) is 3. The van der Waals surface area contributed by atoms with Crippen molar-refractivity contribution in [2.45, 2.75) is 18.8 Å². The van der Waals surface area contributed by atoms with Crippen molar-refractivity contribution in [1.29, 1.82) is 5.26 Å². The van der Waals surface area contributed by atoms with Crippen LogP contribution < -0.4 is 4.90 Å². The van der Waals surface area contributed by atoms with E-state index in [9.17, 15) is 26.3 Å². The van der Waals surface area contributed by atoms with Gasteiger partial charge in [-0.25, -0.2) is 4.98 Å². The van der Waals surface area contributed by atoms with Crippen molar-refractivity contribution in [3.8, 4) is 6.07 Å². The quantitative estimate of drug-likeness (QED) is 0.748. The van der Waals surface area contributed by atoms with E-state index in [-0.39, 0.29) is 17.9 Å². The first-order valence-electron chi connectivity index (χ1n) is 5.85. The van der Waals surface area contributed by atoms with Gasteiger partial charge in [-0.1, -0.05) is 0 Å². The third-order valence-electron chi connectivity index (χ3n) is 3.58. The van der Waals surface area contributed by atoms with Gasteiger partial charge < -0.3 is 4.90 Å². The minimum absolute atomic E-state index is 0.0378. The van der Waals surface area contributed by atoms with E-state index in [4.69, 9.17) is 5.26 Å². The molecule has 0 aromatic carbocycles. The summed E-state index contributed by atoms with van der Waals surface area (Å²) in [6, 6.07) is 4.25. The number of nitriles is 1. The number of anilines is 1. The fourth-order valence-corrected chi connectivity index (χ4v) is 2.29. The van der Waals surface area contributed by atoms with Gasteiger partial charge in [0.1, 0.15) is 11.8 Å². The molecule has 1 aliphatic heterocycles. The molecule has 1 aromatic heterocycles. The molecular weight excluding hydrogens is 300 g/mol. The third-order valence-corrected chi connectivity index (χ3v) is 3.58. The highest BCUT2D eigenvalue weighted by Gasteiger charge is 2.72. The van der Waals surface area contributed by atoms with E-state index < -0.39 is 30.7 Å². The Kier molecular flexibility index (Phi) is 3.51. The average molecular weight is 309 g/mol. The average Bonchev–Trinajstić information content (AvgIpc) is 2.84. The number of alkyl halides is 6. The maximum absolute atomic E-state index is 12.9. The van der Waals surface area contributed by atoms with Gasteiger partial charge in [0.15, 0.2) is 5.41 Å². The molecule has 3 nitrogen and oxygen atoms in total. The predicted octanol–water partition coefficient (Wildman–Crippen LogP) is 3.27. The van der Waals surface area contributed by atoms with Crippen LogP contribution in [0.3, 0.4) is 0 Å². The van der Waals surface area contributed by atoms with Crippen molar-refractivity contribution in [3.05, 3.63) is 24.0 Å². The molecular formula is C12H9F6N3. The lowest BCUT2D eigenvalue weighted by molar-refractivity contribution is -0.332. The number of hydrogen-bond donors (Lipinski definition) is 0. The van der Waals surface area contributed by atoms with Crippen LogP contribution in [-0.4, -0.2) is 30.4 Å². The molecule has 21 heavy (non-hydrogen) atoms. The van der Waals surface area contributed by atoms with E-state index in [1.807, 2.05) is 0 Å². The molecule has 0 spiro atoms. The van der Waals surface area contributed by atoms with E-state index in [1.54, 1.807) is 6.07 Å². The highest BCUT2D eigenvalue weighted by atomic mass is 19.4. The number of halogens is 6. The lowest BCUT2D eigenvalue weighted by Gasteiger charge is -2.33. The van der Waals surface area contributed by atoms with Crippen molar-refractivity contribution in [3.63, 3.8) is 0 Å². The summed E-state index contributed by atoms with van der Waals surface area (Å²) in [6.07, 6.45) is -10.7. The van der Waals surface area contributed by atoms with Crippen molar-refractivity contribution >= 4 is 5.69 Å². The molecule has 2 heterocycles. The highest BCUT2D eigenvalue weighted by Crippen LogP contribution is 2.55. The van der Waals surface area contributed by atoms with Crippen LogP contribution in [0.4, 0.5) is 32.0 Å². The summed E-state index contributed by atoms with van der Waals surface area (Å²) in [5.74, 6) is 0. The molecule has 0 unspecified atom stereocenters. The Morgan fingerprint density at radius 1 is 1.14 bits per heavy atom. The minimum Gasteiger partial charge on any atom is -0.369 e. The Morgan fingerprint density at radius 3 is 2.14 bits per heavy atom. The van der Waals surface area contributed by atoms with Gasteiger partial charge in [0.05, 0.1) is 11.9 Å². The summed E-state index contributed by atoms with van der Waals surface area (Å²) in [7, 11) is 0. The van der Waals surface area contributed by atoms with Crippen LogP contribution >= 0.6 is 0 Å². The second-order valence-electron chi connectivity index (χ2n) is 4.76. The standard InChI is InChI=1S/C12H9F6N3/c13-11(14,15)10(12(16,17)18)3-4-21(7-10)9-2-1-8(5-19)20-6-9/h1-2,6H,3-4,7H2. The van der Waals surface area contributed by atoms with Gasteiger partial charge in [-0.15, -0.1) is 0 Å². The summed E-state index contributed by atoms with van der Waals surface area (Å²) in [6.45, 7) is -1.58.